The maximum Gasteiger partial charge on any atom is 0.409 e. The smallest absolute Gasteiger partial charge is 0.409 e. The van der Waals surface area contributed by atoms with Crippen LogP contribution in [-0.2, 0) is 9.53 Å². The summed E-state index contributed by atoms with van der Waals surface area (Å²) >= 11 is 0. The van der Waals surface area contributed by atoms with Gasteiger partial charge >= 0.3 is 6.09 Å². The number of piperidine rings is 1. The molecule has 2 N–H and O–H groups in total. The number of likely N-dealkylation sites (tertiary alicyclic amines) is 1. The number of ether oxygens (including phenoxy) is 1. The molecule has 1 heterocycles. The standard InChI is InChI=1S/C12H23N3O3/c1-3-18-12(17)15-8-5-10(6-9-15)14-7-4-11(16)13-2/h10,14H,3-9H2,1-2H3,(H,13,16). The first-order valence-electron chi connectivity index (χ1n) is 6.53. The van der Waals surface area contributed by atoms with Crippen molar-refractivity contribution in [3.63, 3.8) is 0 Å². The van der Waals surface area contributed by atoms with Gasteiger partial charge in [-0.25, -0.2) is 4.79 Å². The van der Waals surface area contributed by atoms with Gasteiger partial charge in [-0.15, -0.1) is 0 Å². The topological polar surface area (TPSA) is 70.7 Å². The summed E-state index contributed by atoms with van der Waals surface area (Å²) in [6.07, 6.45) is 2.09. The number of hydrogen-bond donors (Lipinski definition) is 2. The van der Waals surface area contributed by atoms with Gasteiger partial charge in [0.15, 0.2) is 0 Å². The zero-order valence-electron chi connectivity index (χ0n) is 11.2. The summed E-state index contributed by atoms with van der Waals surface area (Å²) in [5.74, 6) is 0.0476. The summed E-state index contributed by atoms with van der Waals surface area (Å²) < 4.78 is 4.96. The van der Waals surface area contributed by atoms with E-state index < -0.39 is 0 Å². The van der Waals surface area contributed by atoms with Gasteiger partial charge < -0.3 is 20.3 Å². The van der Waals surface area contributed by atoms with E-state index in [0.29, 0.717) is 25.6 Å². The molecule has 0 spiro atoms. The lowest BCUT2D eigenvalue weighted by Crippen LogP contribution is -2.45. The number of nitrogens with one attached hydrogen (secondary N) is 2. The molecule has 0 bridgehead atoms. The van der Waals surface area contributed by atoms with Gasteiger partial charge in [0.1, 0.15) is 0 Å². The van der Waals surface area contributed by atoms with Crippen molar-refractivity contribution in [1.82, 2.24) is 15.5 Å². The van der Waals surface area contributed by atoms with Crippen molar-refractivity contribution in [2.24, 2.45) is 0 Å². The second-order valence-electron chi connectivity index (χ2n) is 4.34. The highest BCUT2D eigenvalue weighted by Gasteiger charge is 2.22. The molecule has 1 aliphatic heterocycles. The first-order chi connectivity index (χ1) is 8.67. The van der Waals surface area contributed by atoms with Crippen molar-refractivity contribution in [1.29, 1.82) is 0 Å². The number of amides is 2. The van der Waals surface area contributed by atoms with E-state index in [2.05, 4.69) is 10.6 Å². The van der Waals surface area contributed by atoms with Crippen LogP contribution in [0.25, 0.3) is 0 Å². The highest BCUT2D eigenvalue weighted by Crippen LogP contribution is 2.11. The average Bonchev–Trinajstić information content (AvgIpc) is 2.39. The Balaban J connectivity index is 2.15. The van der Waals surface area contributed by atoms with Crippen LogP contribution in [0, 0.1) is 0 Å². The molecule has 0 saturated carbocycles. The third-order valence-corrected chi connectivity index (χ3v) is 3.08. The van der Waals surface area contributed by atoms with Gasteiger partial charge in [-0.2, -0.15) is 0 Å². The molecule has 6 heteroatoms. The van der Waals surface area contributed by atoms with Crippen molar-refractivity contribution < 1.29 is 14.3 Å². The maximum atomic E-state index is 11.5. The minimum atomic E-state index is -0.221. The Morgan fingerprint density at radius 3 is 2.56 bits per heavy atom. The predicted molar refractivity (Wildman–Crippen MR) is 68.3 cm³/mol. The summed E-state index contributed by atoms with van der Waals surface area (Å²) in [7, 11) is 1.64. The number of nitrogens with zero attached hydrogens (tertiary/aromatic N) is 1. The molecule has 104 valence electrons. The molecular weight excluding hydrogens is 234 g/mol. The molecule has 0 aromatic heterocycles. The Hall–Kier alpha value is -1.30. The number of carbonyl (C=O) groups is 2. The third kappa shape index (κ3) is 4.91. The van der Waals surface area contributed by atoms with E-state index in [1.807, 2.05) is 6.92 Å². The number of hydrogen-bond acceptors (Lipinski definition) is 4. The van der Waals surface area contributed by atoms with Gasteiger partial charge in [0.05, 0.1) is 6.61 Å². The molecule has 1 saturated heterocycles. The summed E-state index contributed by atoms with van der Waals surface area (Å²) in [6, 6.07) is 0.389. The van der Waals surface area contributed by atoms with Crippen LogP contribution in [0.15, 0.2) is 0 Å². The number of carbonyl (C=O) groups excluding carboxylic acids is 2. The summed E-state index contributed by atoms with van der Waals surface area (Å²) in [4.78, 5) is 24.3. The Morgan fingerprint density at radius 2 is 2.00 bits per heavy atom. The van der Waals surface area contributed by atoms with Crippen LogP contribution < -0.4 is 10.6 Å². The molecule has 0 unspecified atom stereocenters. The molecule has 1 aliphatic rings. The van der Waals surface area contributed by atoms with E-state index in [9.17, 15) is 9.59 Å². The number of rotatable bonds is 5. The SMILES string of the molecule is CCOC(=O)N1CCC(NCCC(=O)NC)CC1. The largest absolute Gasteiger partial charge is 0.450 e. The Kier molecular flexibility index (Phi) is 6.49. The fourth-order valence-corrected chi connectivity index (χ4v) is 2.00. The molecule has 2 amide bonds. The second-order valence-corrected chi connectivity index (χ2v) is 4.34. The fourth-order valence-electron chi connectivity index (χ4n) is 2.00. The second kappa shape index (κ2) is 7.92. The van der Waals surface area contributed by atoms with Crippen molar-refractivity contribution in [2.75, 3.05) is 33.3 Å². The molecule has 0 aliphatic carbocycles. The van der Waals surface area contributed by atoms with Gasteiger partial charge in [-0.1, -0.05) is 0 Å². The lowest BCUT2D eigenvalue weighted by molar-refractivity contribution is -0.120. The molecule has 0 radical (unpaired) electrons. The monoisotopic (exact) mass is 257 g/mol. The summed E-state index contributed by atoms with van der Waals surface area (Å²) in [5, 5.41) is 5.93. The lowest BCUT2D eigenvalue weighted by atomic mass is 10.1. The zero-order chi connectivity index (χ0) is 13.4. The van der Waals surface area contributed by atoms with Crippen LogP contribution >= 0.6 is 0 Å². The van der Waals surface area contributed by atoms with E-state index >= 15 is 0 Å². The molecule has 0 aromatic rings. The van der Waals surface area contributed by atoms with Crippen LogP contribution in [0.5, 0.6) is 0 Å². The molecule has 1 fully saturated rings. The zero-order valence-corrected chi connectivity index (χ0v) is 11.2. The van der Waals surface area contributed by atoms with E-state index in [4.69, 9.17) is 4.74 Å². The van der Waals surface area contributed by atoms with Crippen molar-refractivity contribution in [3.05, 3.63) is 0 Å². The Morgan fingerprint density at radius 1 is 1.33 bits per heavy atom. The molecule has 18 heavy (non-hydrogen) atoms. The van der Waals surface area contributed by atoms with Gasteiger partial charge in [0.25, 0.3) is 0 Å². The maximum absolute atomic E-state index is 11.5. The van der Waals surface area contributed by atoms with Crippen molar-refractivity contribution in [2.45, 2.75) is 32.2 Å². The van der Waals surface area contributed by atoms with E-state index in [1.54, 1.807) is 11.9 Å². The van der Waals surface area contributed by atoms with Crippen molar-refractivity contribution in [3.8, 4) is 0 Å². The molecule has 1 rings (SSSR count). The predicted octanol–water partition coefficient (Wildman–Crippen LogP) is 0.333. The van der Waals surface area contributed by atoms with Crippen LogP contribution in [0.1, 0.15) is 26.2 Å². The fraction of sp³-hybridized carbons (Fsp3) is 0.833. The minimum Gasteiger partial charge on any atom is -0.450 e. The van der Waals surface area contributed by atoms with Gasteiger partial charge in [-0.05, 0) is 19.8 Å². The summed E-state index contributed by atoms with van der Waals surface area (Å²) in [5.41, 5.74) is 0. The van der Waals surface area contributed by atoms with Gasteiger partial charge in [0, 0.05) is 39.1 Å². The first kappa shape index (κ1) is 14.8. The van der Waals surface area contributed by atoms with Crippen molar-refractivity contribution >= 4 is 12.0 Å². The first-order valence-corrected chi connectivity index (χ1v) is 6.53. The third-order valence-electron chi connectivity index (χ3n) is 3.08. The highest BCUT2D eigenvalue weighted by atomic mass is 16.6. The van der Waals surface area contributed by atoms with Crippen LogP contribution in [-0.4, -0.2) is 56.2 Å². The van der Waals surface area contributed by atoms with E-state index in [1.165, 1.54) is 0 Å². The Bertz CT molecular complexity index is 276. The molecule has 0 aromatic carbocycles. The van der Waals surface area contributed by atoms with Crippen LogP contribution in [0.4, 0.5) is 4.79 Å². The minimum absolute atomic E-state index is 0.0476. The summed E-state index contributed by atoms with van der Waals surface area (Å²) in [6.45, 7) is 4.35. The quantitative estimate of drug-likeness (QED) is 0.745. The Labute approximate surface area is 108 Å². The average molecular weight is 257 g/mol. The van der Waals surface area contributed by atoms with Crippen LogP contribution in [0.2, 0.25) is 0 Å². The normalized spacial score (nSPS) is 16.4. The van der Waals surface area contributed by atoms with E-state index in [0.717, 1.165) is 25.9 Å². The molecular formula is C12H23N3O3. The lowest BCUT2D eigenvalue weighted by Gasteiger charge is -2.31. The van der Waals surface area contributed by atoms with E-state index in [-0.39, 0.29) is 12.0 Å². The molecule has 0 atom stereocenters. The van der Waals surface area contributed by atoms with Crippen LogP contribution in [0.3, 0.4) is 0 Å². The van der Waals surface area contributed by atoms with Gasteiger partial charge in [0.2, 0.25) is 5.91 Å². The highest BCUT2D eigenvalue weighted by molar-refractivity contribution is 5.75. The molecule has 6 nitrogen and oxygen atoms in total. The van der Waals surface area contributed by atoms with Gasteiger partial charge in [-0.3, -0.25) is 4.79 Å².